The fourth-order valence-corrected chi connectivity index (χ4v) is 2.92. The molecule has 20 heavy (non-hydrogen) atoms. The van der Waals surface area contributed by atoms with Gasteiger partial charge in [0.15, 0.2) is 0 Å². The van der Waals surface area contributed by atoms with Crippen molar-refractivity contribution in [3.8, 4) is 0 Å². The van der Waals surface area contributed by atoms with Crippen molar-refractivity contribution >= 4 is 17.5 Å². The lowest BCUT2D eigenvalue weighted by molar-refractivity contribution is -0.135. The van der Waals surface area contributed by atoms with Crippen molar-refractivity contribution in [3.05, 3.63) is 34.9 Å². The summed E-state index contributed by atoms with van der Waals surface area (Å²) in [5, 5.41) is 10.3. The first kappa shape index (κ1) is 15.3. The zero-order valence-corrected chi connectivity index (χ0v) is 13.0. The van der Waals surface area contributed by atoms with E-state index in [1.807, 2.05) is 38.1 Å². The van der Waals surface area contributed by atoms with E-state index in [0.29, 0.717) is 6.54 Å². The Kier molecular flexibility index (Phi) is 4.71. The molecule has 1 aliphatic carbocycles. The van der Waals surface area contributed by atoms with Gasteiger partial charge in [0, 0.05) is 23.5 Å². The van der Waals surface area contributed by atoms with Crippen LogP contribution in [-0.2, 0) is 4.79 Å². The van der Waals surface area contributed by atoms with Crippen molar-refractivity contribution in [2.24, 2.45) is 5.92 Å². The molecule has 0 aliphatic heterocycles. The van der Waals surface area contributed by atoms with Crippen molar-refractivity contribution in [2.45, 2.75) is 45.3 Å². The Morgan fingerprint density at radius 2 is 2.05 bits per heavy atom. The second kappa shape index (κ2) is 6.15. The SMILES string of the molecule is CC(O)CN(C(=O)C1CC1c1ccccc1Cl)C(C)C. The predicted molar refractivity (Wildman–Crippen MR) is 80.8 cm³/mol. The zero-order valence-electron chi connectivity index (χ0n) is 12.2. The Morgan fingerprint density at radius 3 is 2.60 bits per heavy atom. The van der Waals surface area contributed by atoms with E-state index < -0.39 is 6.10 Å². The van der Waals surface area contributed by atoms with Crippen LogP contribution in [0.3, 0.4) is 0 Å². The lowest BCUT2D eigenvalue weighted by Gasteiger charge is -2.28. The molecule has 1 N–H and O–H groups in total. The molecule has 1 aliphatic rings. The number of carbonyl (C=O) groups excluding carboxylic acids is 1. The first-order valence-electron chi connectivity index (χ1n) is 7.14. The molecule has 1 fully saturated rings. The summed E-state index contributed by atoms with van der Waals surface area (Å²) >= 11 is 6.19. The third-order valence-electron chi connectivity index (χ3n) is 3.78. The molecule has 0 bridgehead atoms. The summed E-state index contributed by atoms with van der Waals surface area (Å²) in [5.41, 5.74) is 1.06. The molecule has 0 saturated heterocycles. The van der Waals surface area contributed by atoms with Crippen molar-refractivity contribution in [3.63, 3.8) is 0 Å². The molecular formula is C16H22ClNO2. The lowest BCUT2D eigenvalue weighted by atomic mass is 10.1. The molecule has 1 amide bonds. The van der Waals surface area contributed by atoms with Crippen LogP contribution in [-0.4, -0.2) is 34.6 Å². The van der Waals surface area contributed by atoms with Gasteiger partial charge in [-0.05, 0) is 44.7 Å². The average Bonchev–Trinajstić information content (AvgIpc) is 3.15. The van der Waals surface area contributed by atoms with Crippen molar-refractivity contribution in [1.82, 2.24) is 4.90 Å². The van der Waals surface area contributed by atoms with Crippen LogP contribution in [0.15, 0.2) is 24.3 Å². The van der Waals surface area contributed by atoms with Crippen LogP contribution in [0.25, 0.3) is 0 Å². The van der Waals surface area contributed by atoms with Crippen molar-refractivity contribution in [1.29, 1.82) is 0 Å². The highest BCUT2D eigenvalue weighted by molar-refractivity contribution is 6.31. The Hall–Kier alpha value is -1.06. The Labute approximate surface area is 125 Å². The summed E-state index contributed by atoms with van der Waals surface area (Å²) in [5.74, 6) is 0.369. The first-order valence-corrected chi connectivity index (χ1v) is 7.52. The average molecular weight is 296 g/mol. The van der Waals surface area contributed by atoms with Crippen LogP contribution in [0.5, 0.6) is 0 Å². The molecular weight excluding hydrogens is 274 g/mol. The number of amides is 1. The number of aliphatic hydroxyl groups excluding tert-OH is 1. The van der Waals surface area contributed by atoms with Gasteiger partial charge in [0.2, 0.25) is 5.91 Å². The highest BCUT2D eigenvalue weighted by Gasteiger charge is 2.46. The van der Waals surface area contributed by atoms with Gasteiger partial charge >= 0.3 is 0 Å². The number of aliphatic hydroxyl groups is 1. The van der Waals surface area contributed by atoms with Gasteiger partial charge in [-0.3, -0.25) is 4.79 Å². The Bertz CT molecular complexity index is 487. The van der Waals surface area contributed by atoms with E-state index in [1.54, 1.807) is 11.8 Å². The summed E-state index contributed by atoms with van der Waals surface area (Å²) in [6, 6.07) is 7.82. The standard InChI is InChI=1S/C16H22ClNO2/c1-10(2)18(9-11(3)19)16(20)14-8-13(14)12-6-4-5-7-15(12)17/h4-7,10-11,13-14,19H,8-9H2,1-3H3. The molecule has 1 aromatic carbocycles. The van der Waals surface area contributed by atoms with Gasteiger partial charge in [0.1, 0.15) is 0 Å². The van der Waals surface area contributed by atoms with Gasteiger partial charge in [-0.2, -0.15) is 0 Å². The fraction of sp³-hybridized carbons (Fsp3) is 0.562. The molecule has 4 heteroatoms. The number of carbonyl (C=O) groups is 1. The van der Waals surface area contributed by atoms with Crippen LogP contribution in [0, 0.1) is 5.92 Å². The van der Waals surface area contributed by atoms with Gasteiger partial charge in [-0.1, -0.05) is 29.8 Å². The first-order chi connectivity index (χ1) is 9.41. The fourth-order valence-electron chi connectivity index (χ4n) is 2.64. The van der Waals surface area contributed by atoms with Crippen molar-refractivity contribution in [2.75, 3.05) is 6.54 Å². The Balaban J connectivity index is 2.06. The van der Waals surface area contributed by atoms with E-state index in [9.17, 15) is 9.90 Å². The predicted octanol–water partition coefficient (Wildman–Crippen LogP) is 3.06. The van der Waals surface area contributed by atoms with E-state index in [2.05, 4.69) is 0 Å². The van der Waals surface area contributed by atoms with E-state index >= 15 is 0 Å². The summed E-state index contributed by atoms with van der Waals surface area (Å²) < 4.78 is 0. The van der Waals surface area contributed by atoms with Crippen LogP contribution >= 0.6 is 11.6 Å². The van der Waals surface area contributed by atoms with E-state index in [4.69, 9.17) is 11.6 Å². The minimum atomic E-state index is -0.501. The van der Waals surface area contributed by atoms with Crippen LogP contribution < -0.4 is 0 Å². The number of rotatable bonds is 5. The molecule has 2 rings (SSSR count). The van der Waals surface area contributed by atoms with Gasteiger partial charge in [-0.25, -0.2) is 0 Å². The normalized spacial score (nSPS) is 22.7. The minimum Gasteiger partial charge on any atom is -0.392 e. The molecule has 0 heterocycles. The highest BCUT2D eigenvalue weighted by Crippen LogP contribution is 2.50. The second-order valence-electron chi connectivity index (χ2n) is 5.90. The number of benzene rings is 1. The van der Waals surface area contributed by atoms with Crippen LogP contribution in [0.4, 0.5) is 0 Å². The minimum absolute atomic E-state index is 0.0102. The number of nitrogens with zero attached hydrogens (tertiary/aromatic N) is 1. The second-order valence-corrected chi connectivity index (χ2v) is 6.31. The van der Waals surface area contributed by atoms with E-state index in [-0.39, 0.29) is 23.8 Å². The van der Waals surface area contributed by atoms with Crippen LogP contribution in [0.2, 0.25) is 5.02 Å². The summed E-state index contributed by atoms with van der Waals surface area (Å²) in [7, 11) is 0. The summed E-state index contributed by atoms with van der Waals surface area (Å²) in [4.78, 5) is 14.3. The van der Waals surface area contributed by atoms with E-state index in [1.165, 1.54) is 0 Å². The molecule has 0 spiro atoms. The van der Waals surface area contributed by atoms with Gasteiger partial charge in [-0.15, -0.1) is 0 Å². The maximum Gasteiger partial charge on any atom is 0.226 e. The topological polar surface area (TPSA) is 40.5 Å². The summed E-state index contributed by atoms with van der Waals surface area (Å²) in [6.07, 6.45) is 0.352. The van der Waals surface area contributed by atoms with E-state index in [0.717, 1.165) is 17.0 Å². The molecule has 3 atom stereocenters. The van der Waals surface area contributed by atoms with Crippen molar-refractivity contribution < 1.29 is 9.90 Å². The maximum absolute atomic E-state index is 12.5. The number of hydrogen-bond donors (Lipinski definition) is 1. The molecule has 0 radical (unpaired) electrons. The third-order valence-corrected chi connectivity index (χ3v) is 4.12. The molecule has 1 aromatic rings. The smallest absolute Gasteiger partial charge is 0.226 e. The third kappa shape index (κ3) is 3.33. The monoisotopic (exact) mass is 295 g/mol. The maximum atomic E-state index is 12.5. The molecule has 3 nitrogen and oxygen atoms in total. The Morgan fingerprint density at radius 1 is 1.40 bits per heavy atom. The quantitative estimate of drug-likeness (QED) is 0.907. The van der Waals surface area contributed by atoms with Gasteiger partial charge in [0.05, 0.1) is 6.10 Å². The van der Waals surface area contributed by atoms with Crippen LogP contribution in [0.1, 0.15) is 38.7 Å². The number of hydrogen-bond acceptors (Lipinski definition) is 2. The molecule has 3 unspecified atom stereocenters. The lowest BCUT2D eigenvalue weighted by Crippen LogP contribution is -2.42. The highest BCUT2D eigenvalue weighted by atomic mass is 35.5. The molecule has 110 valence electrons. The van der Waals surface area contributed by atoms with Gasteiger partial charge in [0.25, 0.3) is 0 Å². The largest absolute Gasteiger partial charge is 0.392 e. The molecule has 1 saturated carbocycles. The number of halogens is 1. The summed E-state index contributed by atoms with van der Waals surface area (Å²) in [6.45, 7) is 6.06. The molecule has 0 aromatic heterocycles. The zero-order chi connectivity index (χ0) is 14.9. The van der Waals surface area contributed by atoms with Gasteiger partial charge < -0.3 is 10.0 Å².